The minimum absolute atomic E-state index is 0.268. The van der Waals surface area contributed by atoms with Gasteiger partial charge in [-0.2, -0.15) is 0 Å². The van der Waals surface area contributed by atoms with Gasteiger partial charge in [-0.1, -0.05) is 24.3 Å². The van der Waals surface area contributed by atoms with Gasteiger partial charge in [-0.3, -0.25) is 4.57 Å². The lowest BCUT2D eigenvalue weighted by Gasteiger charge is -2.10. The molecule has 0 radical (unpaired) electrons. The van der Waals surface area contributed by atoms with Crippen LogP contribution in [0.4, 0.5) is 4.39 Å². The van der Waals surface area contributed by atoms with Gasteiger partial charge in [0.1, 0.15) is 5.82 Å². The summed E-state index contributed by atoms with van der Waals surface area (Å²) in [6.45, 7) is 0. The van der Waals surface area contributed by atoms with E-state index in [0.717, 1.165) is 5.56 Å². The van der Waals surface area contributed by atoms with Gasteiger partial charge in [0, 0.05) is 7.05 Å². The maximum Gasteiger partial charge on any atom is 0.419 e. The Morgan fingerprint density at radius 3 is 2.81 bits per heavy atom. The molecule has 2 aromatic carbocycles. The first-order valence-corrected chi connectivity index (χ1v) is 6.97. The zero-order chi connectivity index (χ0) is 15.0. The molecule has 0 amide bonds. The molecule has 1 unspecified atom stereocenters. The van der Waals surface area contributed by atoms with Crippen molar-refractivity contribution in [2.45, 2.75) is 11.8 Å². The van der Waals surface area contributed by atoms with Gasteiger partial charge in [-0.15, -0.1) is 11.6 Å². The van der Waals surface area contributed by atoms with E-state index in [4.69, 9.17) is 16.0 Å². The molecular formula is C16H13ClFNO2. The summed E-state index contributed by atoms with van der Waals surface area (Å²) < 4.78 is 20.2. The van der Waals surface area contributed by atoms with Crippen LogP contribution in [0.15, 0.2) is 51.7 Å². The SMILES string of the molecule is Cn1c(=O)oc2cc(C(Cl)Cc3ccccc3F)ccc21. The minimum atomic E-state index is -0.414. The van der Waals surface area contributed by atoms with Crippen molar-refractivity contribution in [1.29, 1.82) is 0 Å². The van der Waals surface area contributed by atoms with Crippen molar-refractivity contribution in [3.63, 3.8) is 0 Å². The van der Waals surface area contributed by atoms with Crippen molar-refractivity contribution in [2.75, 3.05) is 0 Å². The fourth-order valence-corrected chi connectivity index (χ4v) is 2.62. The summed E-state index contributed by atoms with van der Waals surface area (Å²) >= 11 is 6.37. The van der Waals surface area contributed by atoms with E-state index in [1.807, 2.05) is 6.07 Å². The number of hydrogen-bond acceptors (Lipinski definition) is 2. The zero-order valence-corrected chi connectivity index (χ0v) is 12.1. The Kier molecular flexibility index (Phi) is 3.55. The van der Waals surface area contributed by atoms with E-state index >= 15 is 0 Å². The number of halogens is 2. The highest BCUT2D eigenvalue weighted by Crippen LogP contribution is 2.28. The second-order valence-electron chi connectivity index (χ2n) is 4.92. The van der Waals surface area contributed by atoms with E-state index in [9.17, 15) is 9.18 Å². The average molecular weight is 306 g/mol. The normalized spacial score (nSPS) is 12.7. The van der Waals surface area contributed by atoms with Crippen molar-refractivity contribution in [3.05, 3.63) is 70.0 Å². The Balaban J connectivity index is 1.93. The summed E-state index contributed by atoms with van der Waals surface area (Å²) in [6, 6.07) is 11.9. The van der Waals surface area contributed by atoms with Gasteiger partial charge in [0.15, 0.2) is 5.58 Å². The van der Waals surface area contributed by atoms with Crippen LogP contribution in [0.5, 0.6) is 0 Å². The molecule has 0 fully saturated rings. The van der Waals surface area contributed by atoms with E-state index in [2.05, 4.69) is 0 Å². The summed E-state index contributed by atoms with van der Waals surface area (Å²) in [4.78, 5) is 11.5. The molecule has 0 saturated carbocycles. The predicted molar refractivity (Wildman–Crippen MR) is 80.2 cm³/mol. The van der Waals surface area contributed by atoms with Crippen molar-refractivity contribution < 1.29 is 8.81 Å². The molecule has 3 nitrogen and oxygen atoms in total. The zero-order valence-electron chi connectivity index (χ0n) is 11.3. The van der Waals surface area contributed by atoms with Crippen LogP contribution in [-0.2, 0) is 13.5 Å². The largest absolute Gasteiger partial charge is 0.419 e. The van der Waals surface area contributed by atoms with Gasteiger partial charge in [0.25, 0.3) is 0 Å². The monoisotopic (exact) mass is 305 g/mol. The van der Waals surface area contributed by atoms with Crippen molar-refractivity contribution >= 4 is 22.7 Å². The van der Waals surface area contributed by atoms with Crippen LogP contribution in [0, 0.1) is 5.82 Å². The molecule has 108 valence electrons. The van der Waals surface area contributed by atoms with E-state index in [1.165, 1.54) is 10.6 Å². The first kappa shape index (κ1) is 13.9. The Morgan fingerprint density at radius 2 is 2.05 bits per heavy atom. The molecule has 0 saturated heterocycles. The number of aromatic nitrogens is 1. The second kappa shape index (κ2) is 5.37. The number of hydrogen-bond donors (Lipinski definition) is 0. The lowest BCUT2D eigenvalue weighted by atomic mass is 10.0. The molecule has 0 spiro atoms. The van der Waals surface area contributed by atoms with Crippen molar-refractivity contribution in [3.8, 4) is 0 Å². The lowest BCUT2D eigenvalue weighted by Crippen LogP contribution is -2.08. The number of benzene rings is 2. The van der Waals surface area contributed by atoms with Crippen molar-refractivity contribution in [2.24, 2.45) is 7.05 Å². The van der Waals surface area contributed by atoms with E-state index in [0.29, 0.717) is 23.1 Å². The number of oxazole rings is 1. The van der Waals surface area contributed by atoms with Gasteiger partial charge >= 0.3 is 5.76 Å². The summed E-state index contributed by atoms with van der Waals surface area (Å²) in [5.41, 5.74) is 2.55. The smallest absolute Gasteiger partial charge is 0.408 e. The highest BCUT2D eigenvalue weighted by atomic mass is 35.5. The Labute approximate surface area is 125 Å². The molecular weight excluding hydrogens is 293 g/mol. The quantitative estimate of drug-likeness (QED) is 0.690. The van der Waals surface area contributed by atoms with Gasteiger partial charge in [-0.25, -0.2) is 9.18 Å². The fraction of sp³-hybridized carbons (Fsp3) is 0.188. The first-order valence-electron chi connectivity index (χ1n) is 6.53. The summed E-state index contributed by atoms with van der Waals surface area (Å²) in [6.07, 6.45) is 0.372. The third kappa shape index (κ3) is 2.59. The molecule has 0 aliphatic rings. The first-order chi connectivity index (χ1) is 10.1. The highest BCUT2D eigenvalue weighted by molar-refractivity contribution is 6.21. The Morgan fingerprint density at radius 1 is 1.29 bits per heavy atom. The van der Waals surface area contributed by atoms with Crippen LogP contribution in [0.2, 0.25) is 0 Å². The average Bonchev–Trinajstić information content (AvgIpc) is 2.76. The van der Waals surface area contributed by atoms with Crippen LogP contribution >= 0.6 is 11.6 Å². The lowest BCUT2D eigenvalue weighted by molar-refractivity contribution is 0.527. The van der Waals surface area contributed by atoms with Gasteiger partial charge in [0.05, 0.1) is 10.9 Å². The van der Waals surface area contributed by atoms with Crippen LogP contribution in [0.1, 0.15) is 16.5 Å². The van der Waals surface area contributed by atoms with Crippen molar-refractivity contribution in [1.82, 2.24) is 4.57 Å². The van der Waals surface area contributed by atoms with Crippen LogP contribution in [0.3, 0.4) is 0 Å². The molecule has 21 heavy (non-hydrogen) atoms. The number of aryl methyl sites for hydroxylation is 1. The van der Waals surface area contributed by atoms with E-state index in [-0.39, 0.29) is 5.82 Å². The summed E-state index contributed by atoms with van der Waals surface area (Å²) in [5, 5.41) is -0.392. The topological polar surface area (TPSA) is 35.1 Å². The number of rotatable bonds is 3. The third-order valence-corrected chi connectivity index (χ3v) is 3.94. The number of nitrogens with zero attached hydrogens (tertiary/aromatic N) is 1. The molecule has 0 aliphatic carbocycles. The van der Waals surface area contributed by atoms with Crippen LogP contribution in [0.25, 0.3) is 11.1 Å². The third-order valence-electron chi connectivity index (χ3n) is 3.54. The standard InChI is InChI=1S/C16H13ClFNO2/c1-19-14-7-6-10(9-15(14)21-16(19)20)12(17)8-11-4-2-3-5-13(11)18/h2-7,9,12H,8H2,1H3. The Hall–Kier alpha value is -2.07. The van der Waals surface area contributed by atoms with Gasteiger partial charge in [0.2, 0.25) is 0 Å². The Bertz CT molecular complexity index is 853. The predicted octanol–water partition coefficient (Wildman–Crippen LogP) is 3.79. The second-order valence-corrected chi connectivity index (χ2v) is 5.44. The molecule has 3 rings (SSSR count). The molecule has 0 N–H and O–H groups in total. The summed E-state index contributed by atoms with van der Waals surface area (Å²) in [5.74, 6) is -0.683. The number of alkyl halides is 1. The molecule has 1 atom stereocenters. The van der Waals surface area contributed by atoms with Gasteiger partial charge < -0.3 is 4.42 Å². The molecule has 1 aromatic heterocycles. The van der Waals surface area contributed by atoms with E-state index in [1.54, 1.807) is 37.4 Å². The van der Waals surface area contributed by atoms with Crippen LogP contribution in [-0.4, -0.2) is 4.57 Å². The molecule has 0 bridgehead atoms. The maximum atomic E-state index is 13.7. The highest BCUT2D eigenvalue weighted by Gasteiger charge is 2.14. The number of fused-ring (bicyclic) bond motifs is 1. The molecule has 0 aliphatic heterocycles. The molecule has 5 heteroatoms. The molecule has 3 aromatic rings. The molecule has 1 heterocycles. The van der Waals surface area contributed by atoms with Crippen LogP contribution < -0.4 is 5.76 Å². The minimum Gasteiger partial charge on any atom is -0.408 e. The van der Waals surface area contributed by atoms with E-state index < -0.39 is 11.1 Å². The fourth-order valence-electron chi connectivity index (χ4n) is 2.32. The maximum absolute atomic E-state index is 13.7. The summed E-state index contributed by atoms with van der Waals surface area (Å²) in [7, 11) is 1.64. The van der Waals surface area contributed by atoms with Gasteiger partial charge in [-0.05, 0) is 35.7 Å².